The fraction of sp³-hybridized carbons (Fsp3) is 0.750. The molecule has 0 aliphatic heterocycles. The first-order valence-electron chi connectivity index (χ1n) is 4.74. The predicted molar refractivity (Wildman–Crippen MR) is 55.0 cm³/mol. The van der Waals surface area contributed by atoms with Gasteiger partial charge in [0.2, 0.25) is 11.9 Å². The van der Waals surface area contributed by atoms with Crippen molar-refractivity contribution < 1.29 is 5.11 Å². The van der Waals surface area contributed by atoms with Crippen LogP contribution in [-0.4, -0.2) is 40.5 Å². The molecule has 0 aromatic carbocycles. The van der Waals surface area contributed by atoms with E-state index in [1.807, 2.05) is 11.9 Å². The van der Waals surface area contributed by atoms with Gasteiger partial charge in [-0.2, -0.15) is 4.98 Å². The third-order valence-electron chi connectivity index (χ3n) is 1.98. The molecule has 0 unspecified atom stereocenters. The molecule has 6 heteroatoms. The maximum Gasteiger partial charge on any atom is 0.246 e. The first-order valence-corrected chi connectivity index (χ1v) is 4.74. The van der Waals surface area contributed by atoms with E-state index < -0.39 is 0 Å². The van der Waals surface area contributed by atoms with Crippen molar-refractivity contribution in [3.63, 3.8) is 0 Å². The quantitative estimate of drug-likeness (QED) is 0.560. The van der Waals surface area contributed by atoms with Crippen LogP contribution in [-0.2, 0) is 0 Å². The van der Waals surface area contributed by atoms with Gasteiger partial charge in [0.05, 0.1) is 0 Å². The van der Waals surface area contributed by atoms with Crippen LogP contribution in [0, 0.1) is 0 Å². The molecule has 80 valence electrons. The number of nitrogen functional groups attached to an aromatic ring is 1. The minimum absolute atomic E-state index is 0.261. The lowest BCUT2D eigenvalue weighted by molar-refractivity contribution is 0.283. The average Bonchev–Trinajstić information content (AvgIpc) is 2.59. The summed E-state index contributed by atoms with van der Waals surface area (Å²) < 4.78 is 0. The SMILES string of the molecule is CN(CCCCCO)c1n[nH]c(N)n1. The Hall–Kier alpha value is -1.30. The van der Waals surface area contributed by atoms with Crippen LogP contribution in [0.15, 0.2) is 0 Å². The molecule has 1 aromatic rings. The zero-order valence-corrected chi connectivity index (χ0v) is 8.40. The van der Waals surface area contributed by atoms with E-state index in [2.05, 4.69) is 15.2 Å². The minimum atomic E-state index is 0.261. The Labute approximate surface area is 83.1 Å². The Kier molecular flexibility index (Phi) is 4.18. The Morgan fingerprint density at radius 3 is 2.79 bits per heavy atom. The summed E-state index contributed by atoms with van der Waals surface area (Å²) in [6.07, 6.45) is 2.89. The van der Waals surface area contributed by atoms with Crippen LogP contribution < -0.4 is 10.6 Å². The zero-order valence-electron chi connectivity index (χ0n) is 8.40. The number of aromatic amines is 1. The van der Waals surface area contributed by atoms with Gasteiger partial charge in [0.15, 0.2) is 0 Å². The smallest absolute Gasteiger partial charge is 0.246 e. The molecule has 0 amide bonds. The molecule has 0 radical (unpaired) electrons. The van der Waals surface area contributed by atoms with Crippen LogP contribution in [0.2, 0.25) is 0 Å². The maximum absolute atomic E-state index is 8.59. The number of H-pyrrole nitrogens is 1. The van der Waals surface area contributed by atoms with Crippen LogP contribution >= 0.6 is 0 Å². The number of aliphatic hydroxyl groups excluding tert-OH is 1. The second-order valence-electron chi connectivity index (χ2n) is 3.23. The maximum atomic E-state index is 8.59. The van der Waals surface area contributed by atoms with Crippen LogP contribution in [0.25, 0.3) is 0 Å². The normalized spacial score (nSPS) is 10.4. The van der Waals surface area contributed by atoms with E-state index in [9.17, 15) is 0 Å². The van der Waals surface area contributed by atoms with Crippen LogP contribution in [0.1, 0.15) is 19.3 Å². The summed E-state index contributed by atoms with van der Waals surface area (Å²) in [7, 11) is 1.92. The monoisotopic (exact) mass is 199 g/mol. The molecule has 14 heavy (non-hydrogen) atoms. The Bertz CT molecular complexity index is 262. The fourth-order valence-corrected chi connectivity index (χ4v) is 1.17. The highest BCUT2D eigenvalue weighted by Gasteiger charge is 2.05. The zero-order chi connectivity index (χ0) is 10.4. The fourth-order valence-electron chi connectivity index (χ4n) is 1.17. The number of aromatic nitrogens is 3. The molecular weight excluding hydrogens is 182 g/mol. The third-order valence-corrected chi connectivity index (χ3v) is 1.98. The van der Waals surface area contributed by atoms with Gasteiger partial charge < -0.3 is 15.7 Å². The summed E-state index contributed by atoms with van der Waals surface area (Å²) in [6.45, 7) is 1.13. The van der Waals surface area contributed by atoms with E-state index >= 15 is 0 Å². The van der Waals surface area contributed by atoms with Crippen LogP contribution in [0.3, 0.4) is 0 Å². The van der Waals surface area contributed by atoms with Crippen molar-refractivity contribution in [3.05, 3.63) is 0 Å². The number of anilines is 2. The summed E-state index contributed by atoms with van der Waals surface area (Å²) >= 11 is 0. The van der Waals surface area contributed by atoms with Crippen LogP contribution in [0.4, 0.5) is 11.9 Å². The number of hydrogen-bond acceptors (Lipinski definition) is 5. The number of hydrogen-bond donors (Lipinski definition) is 3. The van der Waals surface area contributed by atoms with Gasteiger partial charge in [-0.25, -0.2) is 5.10 Å². The summed E-state index contributed by atoms with van der Waals surface area (Å²) in [4.78, 5) is 5.93. The highest BCUT2D eigenvalue weighted by atomic mass is 16.2. The number of aliphatic hydroxyl groups is 1. The van der Waals surface area contributed by atoms with Crippen molar-refractivity contribution in [2.45, 2.75) is 19.3 Å². The molecule has 0 spiro atoms. The van der Waals surface area contributed by atoms with Crippen molar-refractivity contribution in [2.24, 2.45) is 0 Å². The molecular formula is C8H17N5O. The van der Waals surface area contributed by atoms with Crippen molar-refractivity contribution in [3.8, 4) is 0 Å². The predicted octanol–water partition coefficient (Wildman–Crippen LogP) is -0.0143. The molecule has 0 bridgehead atoms. The van der Waals surface area contributed by atoms with Crippen molar-refractivity contribution in [1.82, 2.24) is 15.2 Å². The molecule has 1 heterocycles. The van der Waals surface area contributed by atoms with E-state index in [1.165, 1.54) is 0 Å². The van der Waals surface area contributed by atoms with Gasteiger partial charge in [0.25, 0.3) is 0 Å². The van der Waals surface area contributed by atoms with Gasteiger partial charge in [-0.1, -0.05) is 0 Å². The highest BCUT2D eigenvalue weighted by Crippen LogP contribution is 2.06. The van der Waals surface area contributed by atoms with E-state index in [4.69, 9.17) is 10.8 Å². The standard InChI is InChI=1S/C8H17N5O/c1-13(5-3-2-4-6-14)8-10-7(9)11-12-8/h14H,2-6H2,1H3,(H3,9,10,11,12). The average molecular weight is 199 g/mol. The first-order chi connectivity index (χ1) is 6.74. The lowest BCUT2D eigenvalue weighted by Gasteiger charge is -2.13. The third kappa shape index (κ3) is 3.21. The Balaban J connectivity index is 2.25. The number of rotatable bonds is 6. The topological polar surface area (TPSA) is 91.1 Å². The van der Waals surface area contributed by atoms with E-state index in [0.29, 0.717) is 11.9 Å². The number of nitrogens with zero attached hydrogens (tertiary/aromatic N) is 3. The molecule has 4 N–H and O–H groups in total. The first kappa shape index (κ1) is 10.8. The molecule has 0 saturated carbocycles. The van der Waals surface area contributed by atoms with Gasteiger partial charge in [0, 0.05) is 20.2 Å². The summed E-state index contributed by atoms with van der Waals surface area (Å²) in [5, 5.41) is 15.1. The summed E-state index contributed by atoms with van der Waals surface area (Å²) in [5.41, 5.74) is 5.40. The molecule has 0 atom stereocenters. The second-order valence-corrected chi connectivity index (χ2v) is 3.23. The van der Waals surface area contributed by atoms with Crippen molar-refractivity contribution in [2.75, 3.05) is 30.8 Å². The van der Waals surface area contributed by atoms with E-state index in [-0.39, 0.29) is 6.61 Å². The summed E-state index contributed by atoms with van der Waals surface area (Å²) in [6, 6.07) is 0. The minimum Gasteiger partial charge on any atom is -0.396 e. The molecule has 0 fully saturated rings. The second kappa shape index (κ2) is 5.43. The van der Waals surface area contributed by atoms with Gasteiger partial charge in [-0.05, 0) is 19.3 Å². The van der Waals surface area contributed by atoms with E-state index in [0.717, 1.165) is 25.8 Å². The molecule has 0 aliphatic carbocycles. The lowest BCUT2D eigenvalue weighted by Crippen LogP contribution is -2.19. The molecule has 0 saturated heterocycles. The van der Waals surface area contributed by atoms with Crippen molar-refractivity contribution in [1.29, 1.82) is 0 Å². The molecule has 1 aromatic heterocycles. The van der Waals surface area contributed by atoms with Gasteiger partial charge in [0.1, 0.15) is 0 Å². The Morgan fingerprint density at radius 1 is 1.43 bits per heavy atom. The largest absolute Gasteiger partial charge is 0.396 e. The van der Waals surface area contributed by atoms with Gasteiger partial charge in [-0.3, -0.25) is 0 Å². The number of unbranched alkanes of at least 4 members (excludes halogenated alkanes) is 2. The molecule has 6 nitrogen and oxygen atoms in total. The summed E-state index contributed by atoms with van der Waals surface area (Å²) in [5.74, 6) is 0.953. The van der Waals surface area contributed by atoms with E-state index in [1.54, 1.807) is 0 Å². The molecule has 0 aliphatic rings. The van der Waals surface area contributed by atoms with Crippen molar-refractivity contribution >= 4 is 11.9 Å². The lowest BCUT2D eigenvalue weighted by atomic mass is 10.2. The van der Waals surface area contributed by atoms with Crippen LogP contribution in [0.5, 0.6) is 0 Å². The Morgan fingerprint density at radius 2 is 2.21 bits per heavy atom. The highest BCUT2D eigenvalue weighted by molar-refractivity contribution is 5.32. The van der Waals surface area contributed by atoms with Gasteiger partial charge in [-0.15, -0.1) is 5.10 Å². The number of nitrogens with one attached hydrogen (secondary N) is 1. The number of nitrogens with two attached hydrogens (primary N) is 1. The van der Waals surface area contributed by atoms with Gasteiger partial charge >= 0.3 is 0 Å². The molecule has 1 rings (SSSR count).